The van der Waals surface area contributed by atoms with Gasteiger partial charge in [0.2, 0.25) is 0 Å². The Morgan fingerprint density at radius 3 is 2.48 bits per heavy atom. The first kappa shape index (κ1) is 16.1. The molecule has 0 heterocycles. The second kappa shape index (κ2) is 7.16. The molecule has 2 rings (SSSR count). The lowest BCUT2D eigenvalue weighted by atomic mass is 10.3. The molecule has 21 heavy (non-hydrogen) atoms. The number of hydrogen-bond acceptors (Lipinski definition) is 2. The molecule has 0 aliphatic heterocycles. The molecule has 0 unspecified atom stereocenters. The molecule has 0 saturated carbocycles. The maximum absolute atomic E-state index is 12.1. The molecule has 2 aromatic rings. The van der Waals surface area contributed by atoms with Crippen molar-refractivity contribution in [1.82, 2.24) is 0 Å². The third kappa shape index (κ3) is 4.63. The normalized spacial score (nSPS) is 11.8. The number of benzene rings is 2. The number of halogens is 3. The lowest BCUT2D eigenvalue weighted by molar-refractivity contribution is -0.122. The van der Waals surface area contributed by atoms with Gasteiger partial charge in [0.15, 0.2) is 6.10 Å². The number of hydrogen-bond donors (Lipinski definition) is 1. The molecule has 1 N–H and O–H groups in total. The number of carbonyl (C=O) groups is 1. The molecule has 0 radical (unpaired) electrons. The SMILES string of the molecule is C[C@H](Oc1ccc(Cl)cc1Cl)C(=O)Nc1ccc(Br)cc1. The van der Waals surface area contributed by atoms with Crippen LogP contribution in [0.2, 0.25) is 10.0 Å². The molecule has 0 aromatic heterocycles. The Morgan fingerprint density at radius 2 is 1.86 bits per heavy atom. The lowest BCUT2D eigenvalue weighted by Crippen LogP contribution is -2.30. The monoisotopic (exact) mass is 387 g/mol. The lowest BCUT2D eigenvalue weighted by Gasteiger charge is -2.15. The van der Waals surface area contributed by atoms with Crippen molar-refractivity contribution in [3.8, 4) is 5.75 Å². The average Bonchev–Trinajstić information content (AvgIpc) is 2.44. The Morgan fingerprint density at radius 1 is 1.19 bits per heavy atom. The number of anilines is 1. The van der Waals surface area contributed by atoms with E-state index in [9.17, 15) is 4.79 Å². The molecule has 3 nitrogen and oxygen atoms in total. The highest BCUT2D eigenvalue weighted by atomic mass is 79.9. The van der Waals surface area contributed by atoms with Gasteiger partial charge in [0.05, 0.1) is 5.02 Å². The van der Waals surface area contributed by atoms with Crippen LogP contribution in [0.1, 0.15) is 6.92 Å². The van der Waals surface area contributed by atoms with Crippen LogP contribution in [0.25, 0.3) is 0 Å². The van der Waals surface area contributed by atoms with Gasteiger partial charge < -0.3 is 10.1 Å². The smallest absolute Gasteiger partial charge is 0.265 e. The molecule has 110 valence electrons. The van der Waals surface area contributed by atoms with Crippen molar-refractivity contribution in [2.24, 2.45) is 0 Å². The van der Waals surface area contributed by atoms with Crippen molar-refractivity contribution in [2.45, 2.75) is 13.0 Å². The van der Waals surface area contributed by atoms with Gasteiger partial charge in [-0.15, -0.1) is 0 Å². The molecule has 1 atom stereocenters. The number of nitrogens with one attached hydrogen (secondary N) is 1. The summed E-state index contributed by atoms with van der Waals surface area (Å²) in [5.74, 6) is 0.155. The van der Waals surface area contributed by atoms with Crippen LogP contribution in [0.3, 0.4) is 0 Å². The van der Waals surface area contributed by atoms with E-state index in [0.29, 0.717) is 21.5 Å². The van der Waals surface area contributed by atoms with Crippen molar-refractivity contribution in [3.05, 3.63) is 57.0 Å². The number of amides is 1. The maximum Gasteiger partial charge on any atom is 0.265 e. The summed E-state index contributed by atoms with van der Waals surface area (Å²) in [6.45, 7) is 1.65. The summed E-state index contributed by atoms with van der Waals surface area (Å²) in [5.41, 5.74) is 0.695. The highest BCUT2D eigenvalue weighted by Gasteiger charge is 2.16. The molecule has 0 fully saturated rings. The quantitative estimate of drug-likeness (QED) is 0.785. The van der Waals surface area contributed by atoms with Crippen molar-refractivity contribution in [1.29, 1.82) is 0 Å². The highest BCUT2D eigenvalue weighted by molar-refractivity contribution is 9.10. The van der Waals surface area contributed by atoms with Gasteiger partial charge in [-0.25, -0.2) is 0 Å². The van der Waals surface area contributed by atoms with E-state index in [2.05, 4.69) is 21.2 Å². The van der Waals surface area contributed by atoms with Gasteiger partial charge in [-0.1, -0.05) is 39.1 Å². The van der Waals surface area contributed by atoms with Crippen LogP contribution in [0.15, 0.2) is 46.9 Å². The van der Waals surface area contributed by atoms with E-state index in [1.54, 1.807) is 37.3 Å². The van der Waals surface area contributed by atoms with Gasteiger partial charge in [-0.05, 0) is 49.4 Å². The first-order valence-corrected chi connectivity index (χ1v) is 7.69. The minimum absolute atomic E-state index is 0.261. The predicted octanol–water partition coefficient (Wildman–Crippen LogP) is 5.16. The molecular weight excluding hydrogens is 377 g/mol. The molecule has 6 heteroatoms. The van der Waals surface area contributed by atoms with Crippen molar-refractivity contribution in [2.75, 3.05) is 5.32 Å². The minimum Gasteiger partial charge on any atom is -0.479 e. The van der Waals surface area contributed by atoms with Crippen LogP contribution in [-0.4, -0.2) is 12.0 Å². The Hall–Kier alpha value is -1.23. The summed E-state index contributed by atoms with van der Waals surface area (Å²) in [7, 11) is 0. The van der Waals surface area contributed by atoms with E-state index >= 15 is 0 Å². The first-order chi connectivity index (χ1) is 9.95. The Bertz CT molecular complexity index is 647. The van der Waals surface area contributed by atoms with Crippen molar-refractivity contribution in [3.63, 3.8) is 0 Å². The van der Waals surface area contributed by atoms with Crippen LogP contribution in [0.4, 0.5) is 5.69 Å². The van der Waals surface area contributed by atoms with E-state index in [0.717, 1.165) is 4.47 Å². The molecule has 0 aliphatic carbocycles. The van der Waals surface area contributed by atoms with Gasteiger partial charge in [-0.2, -0.15) is 0 Å². The zero-order valence-electron chi connectivity index (χ0n) is 11.1. The van der Waals surface area contributed by atoms with Crippen molar-refractivity contribution >= 4 is 50.7 Å². The van der Waals surface area contributed by atoms with Gasteiger partial charge in [0, 0.05) is 15.2 Å². The third-order valence-corrected chi connectivity index (χ3v) is 3.74. The molecule has 0 aliphatic rings. The Balaban J connectivity index is 2.00. The summed E-state index contributed by atoms with van der Waals surface area (Å²) in [6.07, 6.45) is -0.688. The number of rotatable bonds is 4. The molecule has 0 spiro atoms. The van der Waals surface area contributed by atoms with Crippen LogP contribution in [0.5, 0.6) is 5.75 Å². The fraction of sp³-hybridized carbons (Fsp3) is 0.133. The van der Waals surface area contributed by atoms with Gasteiger partial charge >= 0.3 is 0 Å². The summed E-state index contributed by atoms with van der Waals surface area (Å²) >= 11 is 15.2. The van der Waals surface area contributed by atoms with E-state index in [-0.39, 0.29) is 5.91 Å². The second-order valence-electron chi connectivity index (χ2n) is 4.33. The van der Waals surface area contributed by atoms with E-state index < -0.39 is 6.10 Å². The van der Waals surface area contributed by atoms with Gasteiger partial charge in [-0.3, -0.25) is 4.79 Å². The van der Waals surface area contributed by atoms with Crippen LogP contribution in [-0.2, 0) is 4.79 Å². The van der Waals surface area contributed by atoms with E-state index in [1.807, 2.05) is 12.1 Å². The van der Waals surface area contributed by atoms with Crippen LogP contribution in [0, 0.1) is 0 Å². The summed E-state index contributed by atoms with van der Waals surface area (Å²) in [6, 6.07) is 12.1. The first-order valence-electron chi connectivity index (χ1n) is 6.14. The largest absolute Gasteiger partial charge is 0.479 e. The summed E-state index contributed by atoms with van der Waals surface area (Å²) in [5, 5.41) is 3.65. The third-order valence-electron chi connectivity index (χ3n) is 2.68. The second-order valence-corrected chi connectivity index (χ2v) is 6.09. The molecule has 1 amide bonds. The standard InChI is InChI=1S/C15H12BrCl2NO2/c1-9(21-14-7-4-11(17)8-13(14)18)15(20)19-12-5-2-10(16)3-6-12/h2-9H,1H3,(H,19,20)/t9-/m0/s1. The van der Waals surface area contributed by atoms with Crippen LogP contribution < -0.4 is 10.1 Å². The zero-order valence-corrected chi connectivity index (χ0v) is 14.2. The molecular formula is C15H12BrCl2NO2. The molecule has 0 bridgehead atoms. The van der Waals surface area contributed by atoms with Crippen LogP contribution >= 0.6 is 39.1 Å². The number of carbonyl (C=O) groups excluding carboxylic acids is 1. The maximum atomic E-state index is 12.1. The topological polar surface area (TPSA) is 38.3 Å². The fourth-order valence-electron chi connectivity index (χ4n) is 1.59. The highest BCUT2D eigenvalue weighted by Crippen LogP contribution is 2.28. The average molecular weight is 389 g/mol. The van der Waals surface area contributed by atoms with E-state index in [4.69, 9.17) is 27.9 Å². The van der Waals surface area contributed by atoms with Crippen molar-refractivity contribution < 1.29 is 9.53 Å². The van der Waals surface area contributed by atoms with Gasteiger partial charge in [0.1, 0.15) is 5.75 Å². The Labute approximate surface area is 141 Å². The summed E-state index contributed by atoms with van der Waals surface area (Å²) in [4.78, 5) is 12.1. The molecule has 2 aromatic carbocycles. The minimum atomic E-state index is -0.688. The fourth-order valence-corrected chi connectivity index (χ4v) is 2.31. The van der Waals surface area contributed by atoms with E-state index in [1.165, 1.54) is 0 Å². The summed E-state index contributed by atoms with van der Waals surface area (Å²) < 4.78 is 6.49. The zero-order chi connectivity index (χ0) is 15.4. The van der Waals surface area contributed by atoms with Gasteiger partial charge in [0.25, 0.3) is 5.91 Å². The molecule has 0 saturated heterocycles. The Kier molecular flexibility index (Phi) is 5.51. The predicted molar refractivity (Wildman–Crippen MR) is 89.3 cm³/mol. The number of ether oxygens (including phenoxy) is 1.